The van der Waals surface area contributed by atoms with Crippen LogP contribution in [0.15, 0.2) is 22.7 Å². The highest BCUT2D eigenvalue weighted by Crippen LogP contribution is 2.27. The van der Waals surface area contributed by atoms with Crippen LogP contribution in [0.25, 0.3) is 0 Å². The van der Waals surface area contributed by atoms with Crippen LogP contribution in [0.4, 0.5) is 0 Å². The molecule has 0 aliphatic heterocycles. The van der Waals surface area contributed by atoms with Crippen LogP contribution >= 0.6 is 39.9 Å². The molecule has 1 rings (SSSR count). The van der Waals surface area contributed by atoms with Crippen molar-refractivity contribution in [2.24, 2.45) is 5.73 Å². The van der Waals surface area contributed by atoms with Gasteiger partial charge in [-0.15, -0.1) is 12.4 Å². The summed E-state index contributed by atoms with van der Waals surface area (Å²) in [7, 11) is 0. The number of halogens is 3. The van der Waals surface area contributed by atoms with E-state index in [4.69, 9.17) is 17.3 Å². The number of unbranched alkanes of at least 4 members (excludes halogenated alkanes) is 1. The van der Waals surface area contributed by atoms with Gasteiger partial charge in [-0.25, -0.2) is 0 Å². The third-order valence-electron chi connectivity index (χ3n) is 2.23. The van der Waals surface area contributed by atoms with Crippen molar-refractivity contribution in [3.8, 4) is 0 Å². The normalized spacial score (nSPS) is 12.0. The smallest absolute Gasteiger partial charge is 0.0410 e. The minimum absolute atomic E-state index is 0. The lowest BCUT2D eigenvalue weighted by Gasteiger charge is -2.13. The first-order valence-electron chi connectivity index (χ1n) is 4.85. The zero-order chi connectivity index (χ0) is 10.6. The van der Waals surface area contributed by atoms with Crippen LogP contribution in [0.5, 0.6) is 0 Å². The van der Waals surface area contributed by atoms with Crippen molar-refractivity contribution in [3.63, 3.8) is 0 Å². The van der Waals surface area contributed by atoms with Crippen molar-refractivity contribution < 1.29 is 0 Å². The van der Waals surface area contributed by atoms with Crippen LogP contribution in [-0.4, -0.2) is 0 Å². The molecule has 4 heteroatoms. The fourth-order valence-electron chi connectivity index (χ4n) is 1.38. The number of hydrogen-bond acceptors (Lipinski definition) is 1. The lowest BCUT2D eigenvalue weighted by atomic mass is 10.0. The van der Waals surface area contributed by atoms with Crippen LogP contribution in [-0.2, 0) is 0 Å². The average molecular weight is 313 g/mol. The molecule has 0 radical (unpaired) electrons. The summed E-state index contributed by atoms with van der Waals surface area (Å²) in [6.45, 7) is 2.17. The summed E-state index contributed by atoms with van der Waals surface area (Å²) in [4.78, 5) is 0. The van der Waals surface area contributed by atoms with Crippen molar-refractivity contribution in [2.45, 2.75) is 32.2 Å². The molecule has 0 aliphatic carbocycles. The van der Waals surface area contributed by atoms with Gasteiger partial charge in [0.05, 0.1) is 0 Å². The van der Waals surface area contributed by atoms with E-state index in [1.165, 1.54) is 6.42 Å². The zero-order valence-corrected chi connectivity index (χ0v) is 11.8. The highest BCUT2D eigenvalue weighted by Gasteiger charge is 2.09. The van der Waals surface area contributed by atoms with Gasteiger partial charge >= 0.3 is 0 Å². The third kappa shape index (κ3) is 4.73. The molecule has 0 saturated heterocycles. The molecule has 0 bridgehead atoms. The Hall–Kier alpha value is 0.240. The second-order valence-electron chi connectivity index (χ2n) is 3.41. The molecule has 0 heterocycles. The molecule has 2 N–H and O–H groups in total. The summed E-state index contributed by atoms with van der Waals surface area (Å²) < 4.78 is 1.05. The molecule has 86 valence electrons. The first-order chi connectivity index (χ1) is 6.65. The van der Waals surface area contributed by atoms with Crippen molar-refractivity contribution >= 4 is 39.9 Å². The minimum atomic E-state index is 0. The first kappa shape index (κ1) is 15.2. The quantitative estimate of drug-likeness (QED) is 0.855. The molecule has 15 heavy (non-hydrogen) atoms. The molecule has 1 aromatic rings. The van der Waals surface area contributed by atoms with Gasteiger partial charge in [0.1, 0.15) is 0 Å². The molecule has 0 saturated carbocycles. The molecule has 1 aromatic carbocycles. The van der Waals surface area contributed by atoms with Crippen LogP contribution in [0.3, 0.4) is 0 Å². The Bertz CT molecular complexity index is 305. The van der Waals surface area contributed by atoms with Crippen LogP contribution < -0.4 is 5.73 Å². The second kappa shape index (κ2) is 7.50. The van der Waals surface area contributed by atoms with Gasteiger partial charge in [-0.1, -0.05) is 47.3 Å². The van der Waals surface area contributed by atoms with Gasteiger partial charge < -0.3 is 5.73 Å². The Balaban J connectivity index is 0.00000196. The van der Waals surface area contributed by atoms with E-state index in [1.54, 1.807) is 0 Å². The van der Waals surface area contributed by atoms with E-state index in [0.29, 0.717) is 0 Å². The van der Waals surface area contributed by atoms with E-state index < -0.39 is 0 Å². The molecule has 0 aromatic heterocycles. The molecule has 1 nitrogen and oxygen atoms in total. The number of hydrogen-bond donors (Lipinski definition) is 1. The molecule has 0 spiro atoms. The van der Waals surface area contributed by atoms with Crippen LogP contribution in [0.1, 0.15) is 37.8 Å². The maximum atomic E-state index is 6.06. The van der Waals surface area contributed by atoms with Crippen molar-refractivity contribution in [1.29, 1.82) is 0 Å². The highest BCUT2D eigenvalue weighted by atomic mass is 79.9. The van der Waals surface area contributed by atoms with Gasteiger partial charge in [-0.2, -0.15) is 0 Å². The Morgan fingerprint density at radius 3 is 2.73 bits per heavy atom. The van der Waals surface area contributed by atoms with E-state index in [1.807, 2.05) is 18.2 Å². The van der Waals surface area contributed by atoms with E-state index in [0.717, 1.165) is 27.9 Å². The predicted octanol–water partition coefficient (Wildman–Crippen LogP) is 4.71. The van der Waals surface area contributed by atoms with Gasteiger partial charge in [0.2, 0.25) is 0 Å². The lowest BCUT2D eigenvalue weighted by molar-refractivity contribution is 0.602. The number of rotatable bonds is 4. The number of nitrogens with two attached hydrogens (primary N) is 1. The summed E-state index contributed by atoms with van der Waals surface area (Å²) in [5.74, 6) is 0. The molecule has 0 aliphatic rings. The Kier molecular flexibility index (Phi) is 7.62. The first-order valence-corrected chi connectivity index (χ1v) is 6.02. The maximum absolute atomic E-state index is 6.06. The molecular weight excluding hydrogens is 297 g/mol. The lowest BCUT2D eigenvalue weighted by Crippen LogP contribution is -2.10. The summed E-state index contributed by atoms with van der Waals surface area (Å²) in [6, 6.07) is 5.83. The monoisotopic (exact) mass is 311 g/mol. The molecule has 0 unspecified atom stereocenters. The van der Waals surface area contributed by atoms with E-state index in [9.17, 15) is 0 Å². The second-order valence-corrected chi connectivity index (χ2v) is 4.71. The molecular formula is C11H16BrCl2N. The van der Waals surface area contributed by atoms with E-state index >= 15 is 0 Å². The summed E-state index contributed by atoms with van der Waals surface area (Å²) in [6.07, 6.45) is 3.33. The molecule has 0 fully saturated rings. The SMILES string of the molecule is CCCC[C@H](N)c1cc(Cl)ccc1Br.Cl. The third-order valence-corrected chi connectivity index (χ3v) is 3.18. The van der Waals surface area contributed by atoms with Gasteiger partial charge in [0, 0.05) is 15.5 Å². The van der Waals surface area contributed by atoms with Gasteiger partial charge in [-0.05, 0) is 30.2 Å². The van der Waals surface area contributed by atoms with Crippen molar-refractivity contribution in [2.75, 3.05) is 0 Å². The van der Waals surface area contributed by atoms with Gasteiger partial charge in [0.15, 0.2) is 0 Å². The van der Waals surface area contributed by atoms with Crippen LogP contribution in [0, 0.1) is 0 Å². The fourth-order valence-corrected chi connectivity index (χ4v) is 2.10. The Morgan fingerprint density at radius 1 is 1.47 bits per heavy atom. The predicted molar refractivity (Wildman–Crippen MR) is 72.9 cm³/mol. The van der Waals surface area contributed by atoms with E-state index in [2.05, 4.69) is 22.9 Å². The Labute approximate surface area is 111 Å². The standard InChI is InChI=1S/C11H15BrClN.ClH/c1-2-3-4-11(14)9-7-8(13)5-6-10(9)12;/h5-7,11H,2-4,14H2,1H3;1H/t11-;/m0./s1. The molecule has 1 atom stereocenters. The fraction of sp³-hybridized carbons (Fsp3) is 0.455. The number of benzene rings is 1. The summed E-state index contributed by atoms with van der Waals surface area (Å²) in [5, 5.41) is 0.746. The zero-order valence-electron chi connectivity index (χ0n) is 8.67. The molecule has 0 amide bonds. The highest BCUT2D eigenvalue weighted by molar-refractivity contribution is 9.10. The summed E-state index contributed by atoms with van der Waals surface area (Å²) in [5.41, 5.74) is 7.16. The van der Waals surface area contributed by atoms with E-state index in [-0.39, 0.29) is 18.4 Å². The average Bonchev–Trinajstić information content (AvgIpc) is 2.18. The van der Waals surface area contributed by atoms with Gasteiger partial charge in [0.25, 0.3) is 0 Å². The maximum Gasteiger partial charge on any atom is 0.0410 e. The largest absolute Gasteiger partial charge is 0.324 e. The van der Waals surface area contributed by atoms with Crippen molar-refractivity contribution in [1.82, 2.24) is 0 Å². The summed E-state index contributed by atoms with van der Waals surface area (Å²) >= 11 is 9.40. The minimum Gasteiger partial charge on any atom is -0.324 e. The Morgan fingerprint density at radius 2 is 2.13 bits per heavy atom. The van der Waals surface area contributed by atoms with Crippen LogP contribution in [0.2, 0.25) is 5.02 Å². The topological polar surface area (TPSA) is 26.0 Å². The van der Waals surface area contributed by atoms with Crippen molar-refractivity contribution in [3.05, 3.63) is 33.3 Å². The van der Waals surface area contributed by atoms with Gasteiger partial charge in [-0.3, -0.25) is 0 Å².